The van der Waals surface area contributed by atoms with E-state index in [1.807, 2.05) is 37.3 Å². The first-order chi connectivity index (χ1) is 10.2. The molecule has 0 saturated heterocycles. The lowest BCUT2D eigenvalue weighted by molar-refractivity contribution is 0.100. The lowest BCUT2D eigenvalue weighted by Crippen LogP contribution is -2.19. The highest BCUT2D eigenvalue weighted by Crippen LogP contribution is 2.31. The van der Waals surface area contributed by atoms with Crippen molar-refractivity contribution in [3.05, 3.63) is 64.7 Å². The van der Waals surface area contributed by atoms with Gasteiger partial charge >= 0.3 is 0 Å². The van der Waals surface area contributed by atoms with Gasteiger partial charge in [0.05, 0.1) is 12.7 Å². The largest absolute Gasteiger partial charge is 0.497 e. The molecule has 106 valence electrons. The molecule has 0 atom stereocenters. The summed E-state index contributed by atoms with van der Waals surface area (Å²) in [5.41, 5.74) is 3.38. The fourth-order valence-electron chi connectivity index (χ4n) is 2.40. The maximum atomic E-state index is 12.6. The minimum absolute atomic E-state index is 0.00310. The van der Waals surface area contributed by atoms with Crippen LogP contribution in [0.3, 0.4) is 0 Å². The molecule has 1 aliphatic heterocycles. The van der Waals surface area contributed by atoms with Crippen molar-refractivity contribution >= 4 is 11.9 Å². The third-order valence-corrected chi connectivity index (χ3v) is 3.49. The summed E-state index contributed by atoms with van der Waals surface area (Å²) in [5.74, 6) is 1.27. The smallest absolute Gasteiger partial charge is 0.196 e. The number of rotatable bonds is 2. The van der Waals surface area contributed by atoms with E-state index in [9.17, 15) is 4.79 Å². The van der Waals surface area contributed by atoms with Crippen molar-refractivity contribution in [2.75, 3.05) is 13.7 Å². The topological polar surface area (TPSA) is 35.5 Å². The van der Waals surface area contributed by atoms with E-state index in [-0.39, 0.29) is 5.78 Å². The molecule has 0 amide bonds. The van der Waals surface area contributed by atoms with Crippen molar-refractivity contribution in [3.8, 4) is 11.5 Å². The van der Waals surface area contributed by atoms with Crippen molar-refractivity contribution in [3.63, 3.8) is 0 Å². The van der Waals surface area contributed by atoms with Gasteiger partial charge in [-0.05, 0) is 36.8 Å². The molecular formula is C18H16O3. The highest BCUT2D eigenvalue weighted by atomic mass is 16.5. The van der Waals surface area contributed by atoms with Crippen LogP contribution in [0.4, 0.5) is 0 Å². The lowest BCUT2D eigenvalue weighted by Gasteiger charge is -2.19. The average molecular weight is 280 g/mol. The molecule has 0 saturated carbocycles. The van der Waals surface area contributed by atoms with Crippen molar-refractivity contribution in [2.24, 2.45) is 0 Å². The van der Waals surface area contributed by atoms with E-state index in [4.69, 9.17) is 9.47 Å². The summed E-state index contributed by atoms with van der Waals surface area (Å²) in [7, 11) is 1.58. The van der Waals surface area contributed by atoms with E-state index in [2.05, 4.69) is 0 Å². The minimum Gasteiger partial charge on any atom is -0.497 e. The molecule has 3 nitrogen and oxygen atoms in total. The van der Waals surface area contributed by atoms with Gasteiger partial charge in [-0.3, -0.25) is 4.79 Å². The SMILES string of the molecule is COc1ccc2c(c1)C(=O)/C(=C\c1cccc(C)c1)CO2. The van der Waals surface area contributed by atoms with Crippen LogP contribution < -0.4 is 9.47 Å². The Bertz CT molecular complexity index is 729. The number of aryl methyl sites for hydroxylation is 1. The molecule has 0 spiro atoms. The molecule has 1 heterocycles. The third kappa shape index (κ3) is 2.68. The fourth-order valence-corrected chi connectivity index (χ4v) is 2.40. The highest BCUT2D eigenvalue weighted by molar-refractivity contribution is 6.14. The molecule has 2 aromatic rings. The molecule has 0 aliphatic carbocycles. The van der Waals surface area contributed by atoms with Crippen molar-refractivity contribution in [1.82, 2.24) is 0 Å². The van der Waals surface area contributed by atoms with Gasteiger partial charge in [-0.25, -0.2) is 0 Å². The fraction of sp³-hybridized carbons (Fsp3) is 0.167. The second-order valence-electron chi connectivity index (χ2n) is 5.06. The number of hydrogen-bond acceptors (Lipinski definition) is 3. The Labute approximate surface area is 123 Å². The van der Waals surface area contributed by atoms with Crippen LogP contribution >= 0.6 is 0 Å². The number of benzene rings is 2. The minimum atomic E-state index is -0.00310. The van der Waals surface area contributed by atoms with E-state index in [1.165, 1.54) is 0 Å². The number of carbonyl (C=O) groups is 1. The van der Waals surface area contributed by atoms with Crippen molar-refractivity contribution in [2.45, 2.75) is 6.92 Å². The van der Waals surface area contributed by atoms with Crippen molar-refractivity contribution in [1.29, 1.82) is 0 Å². The van der Waals surface area contributed by atoms with E-state index in [1.54, 1.807) is 25.3 Å². The van der Waals surface area contributed by atoms with E-state index < -0.39 is 0 Å². The molecule has 0 fully saturated rings. The molecule has 3 rings (SSSR count). The Morgan fingerprint density at radius 1 is 1.19 bits per heavy atom. The van der Waals surface area contributed by atoms with Crippen LogP contribution in [0.15, 0.2) is 48.0 Å². The van der Waals surface area contributed by atoms with E-state index in [0.29, 0.717) is 29.2 Å². The molecule has 21 heavy (non-hydrogen) atoms. The van der Waals surface area contributed by atoms with Crippen LogP contribution in [0.25, 0.3) is 6.08 Å². The first-order valence-corrected chi connectivity index (χ1v) is 6.80. The van der Waals surface area contributed by atoms with Gasteiger partial charge in [-0.2, -0.15) is 0 Å². The van der Waals surface area contributed by atoms with Gasteiger partial charge in [0, 0.05) is 5.57 Å². The number of carbonyl (C=O) groups excluding carboxylic acids is 1. The molecule has 0 N–H and O–H groups in total. The molecular weight excluding hydrogens is 264 g/mol. The monoisotopic (exact) mass is 280 g/mol. The Hall–Kier alpha value is -2.55. The maximum Gasteiger partial charge on any atom is 0.196 e. The summed E-state index contributed by atoms with van der Waals surface area (Å²) >= 11 is 0. The number of ether oxygens (including phenoxy) is 2. The van der Waals surface area contributed by atoms with Gasteiger partial charge in [0.1, 0.15) is 18.1 Å². The van der Waals surface area contributed by atoms with E-state index >= 15 is 0 Å². The summed E-state index contributed by atoms with van der Waals surface area (Å²) in [4.78, 5) is 12.6. The van der Waals surface area contributed by atoms with Gasteiger partial charge in [0.25, 0.3) is 0 Å². The Kier molecular flexibility index (Phi) is 3.48. The van der Waals surface area contributed by atoms with Crippen LogP contribution in [0.1, 0.15) is 21.5 Å². The standard InChI is InChI=1S/C18H16O3/c1-12-4-3-5-13(8-12)9-14-11-21-17-7-6-15(20-2)10-16(17)18(14)19/h3-10H,11H2,1-2H3/b14-9-. The lowest BCUT2D eigenvalue weighted by atomic mass is 9.98. The van der Waals surface area contributed by atoms with Crippen LogP contribution in [0.5, 0.6) is 11.5 Å². The molecule has 0 aromatic heterocycles. The summed E-state index contributed by atoms with van der Waals surface area (Å²) in [6, 6.07) is 13.3. The van der Waals surface area contributed by atoms with Gasteiger partial charge in [0.15, 0.2) is 5.78 Å². The van der Waals surface area contributed by atoms with Crippen LogP contribution in [-0.2, 0) is 0 Å². The van der Waals surface area contributed by atoms with Crippen LogP contribution in [-0.4, -0.2) is 19.5 Å². The molecule has 3 heteroatoms. The predicted molar refractivity (Wildman–Crippen MR) is 82.0 cm³/mol. The van der Waals surface area contributed by atoms with Crippen molar-refractivity contribution < 1.29 is 14.3 Å². The molecule has 0 bridgehead atoms. The quantitative estimate of drug-likeness (QED) is 0.787. The second kappa shape index (κ2) is 5.44. The average Bonchev–Trinajstić information content (AvgIpc) is 2.50. The number of ketones is 1. The summed E-state index contributed by atoms with van der Waals surface area (Å²) in [5, 5.41) is 0. The predicted octanol–water partition coefficient (Wildman–Crippen LogP) is 3.66. The summed E-state index contributed by atoms with van der Waals surface area (Å²) in [6.07, 6.45) is 1.89. The molecule has 0 radical (unpaired) electrons. The zero-order chi connectivity index (χ0) is 14.8. The summed E-state index contributed by atoms with van der Waals surface area (Å²) < 4.78 is 10.8. The zero-order valence-electron chi connectivity index (χ0n) is 12.1. The molecule has 1 aliphatic rings. The zero-order valence-corrected chi connectivity index (χ0v) is 12.1. The first kappa shape index (κ1) is 13.4. The summed E-state index contributed by atoms with van der Waals surface area (Å²) in [6.45, 7) is 2.33. The highest BCUT2D eigenvalue weighted by Gasteiger charge is 2.23. The Morgan fingerprint density at radius 2 is 2.05 bits per heavy atom. The Balaban J connectivity index is 1.98. The van der Waals surface area contributed by atoms with Crippen LogP contribution in [0, 0.1) is 6.92 Å². The molecule has 2 aromatic carbocycles. The van der Waals surface area contributed by atoms with Crippen LogP contribution in [0.2, 0.25) is 0 Å². The normalized spacial score (nSPS) is 15.5. The number of hydrogen-bond donors (Lipinski definition) is 0. The van der Waals surface area contributed by atoms with E-state index in [0.717, 1.165) is 11.1 Å². The number of methoxy groups -OCH3 is 1. The van der Waals surface area contributed by atoms with Gasteiger partial charge in [-0.15, -0.1) is 0 Å². The van der Waals surface area contributed by atoms with Gasteiger partial charge in [-0.1, -0.05) is 29.8 Å². The maximum absolute atomic E-state index is 12.6. The third-order valence-electron chi connectivity index (χ3n) is 3.49. The first-order valence-electron chi connectivity index (χ1n) is 6.80. The van der Waals surface area contributed by atoms with Gasteiger partial charge in [0.2, 0.25) is 0 Å². The van der Waals surface area contributed by atoms with Gasteiger partial charge < -0.3 is 9.47 Å². The Morgan fingerprint density at radius 3 is 2.81 bits per heavy atom. The number of Topliss-reactive ketones (excluding diaryl/α,β-unsaturated/α-hetero) is 1. The molecule has 0 unspecified atom stereocenters. The number of fused-ring (bicyclic) bond motifs is 1. The second-order valence-corrected chi connectivity index (χ2v) is 5.06.